The largest absolute Gasteiger partial charge is 0.374 e. The van der Waals surface area contributed by atoms with Gasteiger partial charge in [0.15, 0.2) is 0 Å². The first-order valence-corrected chi connectivity index (χ1v) is 2.86. The molecule has 8 heavy (non-hydrogen) atoms. The lowest BCUT2D eigenvalue weighted by Crippen LogP contribution is -2.13. The fourth-order valence-electron chi connectivity index (χ4n) is 0.784. The van der Waals surface area contributed by atoms with E-state index in [1.165, 1.54) is 0 Å². The highest BCUT2D eigenvalue weighted by Gasteiger charge is 2.30. The van der Waals surface area contributed by atoms with Crippen LogP contribution >= 0.6 is 0 Å². The van der Waals surface area contributed by atoms with E-state index in [4.69, 9.17) is 4.74 Å². The lowest BCUT2D eigenvalue weighted by molar-refractivity contribution is -0.117. The quantitative estimate of drug-likeness (QED) is 0.502. The summed E-state index contributed by atoms with van der Waals surface area (Å²) in [5, 5.41) is 0. The zero-order valence-corrected chi connectivity index (χ0v) is 4.96. The van der Waals surface area contributed by atoms with E-state index in [0.29, 0.717) is 5.92 Å². The van der Waals surface area contributed by atoms with Gasteiger partial charge in [-0.25, -0.2) is 0 Å². The van der Waals surface area contributed by atoms with Crippen molar-refractivity contribution in [3.05, 3.63) is 0 Å². The summed E-state index contributed by atoms with van der Waals surface area (Å²) < 4.78 is 4.86. The van der Waals surface area contributed by atoms with Crippen molar-refractivity contribution in [2.45, 2.75) is 18.9 Å². The average molecular weight is 114 g/mol. The molecular weight excluding hydrogens is 104 g/mol. The molecule has 0 aromatic carbocycles. The van der Waals surface area contributed by atoms with Crippen molar-refractivity contribution in [1.82, 2.24) is 0 Å². The van der Waals surface area contributed by atoms with Crippen LogP contribution < -0.4 is 0 Å². The zero-order valence-electron chi connectivity index (χ0n) is 4.96. The van der Waals surface area contributed by atoms with Crippen molar-refractivity contribution in [3.63, 3.8) is 0 Å². The molecule has 0 bridgehead atoms. The van der Waals surface area contributed by atoms with Crippen LogP contribution in [0.15, 0.2) is 0 Å². The third-order valence-electron chi connectivity index (χ3n) is 1.49. The molecule has 0 amide bonds. The Morgan fingerprint density at radius 2 is 2.38 bits per heavy atom. The first-order valence-electron chi connectivity index (χ1n) is 2.86. The van der Waals surface area contributed by atoms with E-state index in [9.17, 15) is 4.79 Å². The van der Waals surface area contributed by atoms with Crippen molar-refractivity contribution in [2.24, 2.45) is 5.92 Å². The van der Waals surface area contributed by atoms with Gasteiger partial charge in [0, 0.05) is 7.11 Å². The molecule has 1 rings (SSSR count). The average Bonchev–Trinajstić information content (AvgIpc) is 2.53. The molecule has 0 spiro atoms. The van der Waals surface area contributed by atoms with E-state index in [2.05, 4.69) is 0 Å². The molecule has 0 aromatic heterocycles. The van der Waals surface area contributed by atoms with Gasteiger partial charge in [-0.05, 0) is 18.8 Å². The molecule has 0 aromatic rings. The second-order valence-corrected chi connectivity index (χ2v) is 2.17. The number of methoxy groups -OCH3 is 1. The Labute approximate surface area is 48.8 Å². The molecule has 1 aliphatic carbocycles. The van der Waals surface area contributed by atoms with Gasteiger partial charge in [0.1, 0.15) is 12.4 Å². The maximum Gasteiger partial charge on any atom is 0.149 e. The number of carbonyl (C=O) groups is 1. The second-order valence-electron chi connectivity index (χ2n) is 2.17. The number of rotatable bonds is 3. The van der Waals surface area contributed by atoms with E-state index in [1.807, 2.05) is 0 Å². The summed E-state index contributed by atoms with van der Waals surface area (Å²) in [5.41, 5.74) is 0. The number of carbonyl (C=O) groups excluding carboxylic acids is 1. The smallest absolute Gasteiger partial charge is 0.149 e. The minimum atomic E-state index is -0.116. The fraction of sp³-hybridized carbons (Fsp3) is 0.833. The molecule has 1 atom stereocenters. The standard InChI is InChI=1S/C6H10O2/c1-8-6(4-7)5-2-3-5/h4-6H,2-3H2,1H3. The fourth-order valence-corrected chi connectivity index (χ4v) is 0.784. The molecule has 1 saturated carbocycles. The van der Waals surface area contributed by atoms with Crippen LogP contribution in [0, 0.1) is 5.92 Å². The lowest BCUT2D eigenvalue weighted by atomic mass is 10.3. The summed E-state index contributed by atoms with van der Waals surface area (Å²) in [6.45, 7) is 0. The van der Waals surface area contributed by atoms with Crippen LogP contribution in [0.1, 0.15) is 12.8 Å². The number of aldehydes is 1. The van der Waals surface area contributed by atoms with Crippen molar-refractivity contribution >= 4 is 6.29 Å². The second kappa shape index (κ2) is 2.27. The van der Waals surface area contributed by atoms with Gasteiger partial charge < -0.3 is 9.53 Å². The van der Waals surface area contributed by atoms with Gasteiger partial charge in [-0.1, -0.05) is 0 Å². The molecule has 2 nitrogen and oxygen atoms in total. The van der Waals surface area contributed by atoms with Crippen molar-refractivity contribution in [3.8, 4) is 0 Å². The maximum atomic E-state index is 10.1. The van der Waals surface area contributed by atoms with Crippen molar-refractivity contribution in [1.29, 1.82) is 0 Å². The number of hydrogen-bond donors (Lipinski definition) is 0. The Hall–Kier alpha value is -0.370. The molecule has 0 heterocycles. The number of ether oxygens (including phenoxy) is 1. The Bertz CT molecular complexity index is 86.5. The highest BCUT2D eigenvalue weighted by atomic mass is 16.5. The molecule has 2 heteroatoms. The van der Waals surface area contributed by atoms with E-state index in [1.54, 1.807) is 7.11 Å². The summed E-state index contributed by atoms with van der Waals surface area (Å²) in [4.78, 5) is 10.1. The van der Waals surface area contributed by atoms with Crippen LogP contribution in [0.25, 0.3) is 0 Å². The molecule has 46 valence electrons. The zero-order chi connectivity index (χ0) is 5.98. The highest BCUT2D eigenvalue weighted by Crippen LogP contribution is 2.32. The highest BCUT2D eigenvalue weighted by molar-refractivity contribution is 5.57. The minimum Gasteiger partial charge on any atom is -0.374 e. The lowest BCUT2D eigenvalue weighted by Gasteiger charge is -2.02. The van der Waals surface area contributed by atoms with Crippen LogP contribution in [0.4, 0.5) is 0 Å². The molecule has 1 fully saturated rings. The van der Waals surface area contributed by atoms with Crippen LogP contribution in [-0.2, 0) is 9.53 Å². The number of hydrogen-bond acceptors (Lipinski definition) is 2. The first kappa shape index (κ1) is 5.76. The molecule has 1 aliphatic rings. The van der Waals surface area contributed by atoms with Crippen LogP contribution in [0.5, 0.6) is 0 Å². The van der Waals surface area contributed by atoms with Gasteiger partial charge in [-0.3, -0.25) is 0 Å². The van der Waals surface area contributed by atoms with Gasteiger partial charge in [0.05, 0.1) is 0 Å². The maximum absolute atomic E-state index is 10.1. The van der Waals surface area contributed by atoms with Crippen molar-refractivity contribution < 1.29 is 9.53 Å². The molecule has 0 radical (unpaired) electrons. The normalized spacial score (nSPS) is 22.6. The van der Waals surface area contributed by atoms with E-state index in [0.717, 1.165) is 19.1 Å². The van der Waals surface area contributed by atoms with E-state index < -0.39 is 0 Å². The minimum absolute atomic E-state index is 0.116. The molecule has 1 unspecified atom stereocenters. The Balaban J connectivity index is 2.25. The van der Waals surface area contributed by atoms with Gasteiger partial charge in [0.2, 0.25) is 0 Å². The summed E-state index contributed by atoms with van der Waals surface area (Å²) in [7, 11) is 1.58. The van der Waals surface area contributed by atoms with E-state index in [-0.39, 0.29) is 6.10 Å². The predicted molar refractivity (Wildman–Crippen MR) is 29.6 cm³/mol. The third-order valence-corrected chi connectivity index (χ3v) is 1.49. The van der Waals surface area contributed by atoms with E-state index >= 15 is 0 Å². The SMILES string of the molecule is COC(C=O)C1CC1. The van der Waals surface area contributed by atoms with Crippen LogP contribution in [-0.4, -0.2) is 19.5 Å². The molecule has 0 N–H and O–H groups in total. The predicted octanol–water partition coefficient (Wildman–Crippen LogP) is 0.610. The van der Waals surface area contributed by atoms with Crippen LogP contribution in [0.3, 0.4) is 0 Å². The Kier molecular flexibility index (Phi) is 1.63. The third kappa shape index (κ3) is 1.07. The summed E-state index contributed by atoms with van der Waals surface area (Å²) in [6.07, 6.45) is 3.10. The van der Waals surface area contributed by atoms with Gasteiger partial charge in [-0.15, -0.1) is 0 Å². The Morgan fingerprint density at radius 3 is 2.50 bits per heavy atom. The molecular formula is C6H10O2. The first-order chi connectivity index (χ1) is 3.88. The monoisotopic (exact) mass is 114 g/mol. The van der Waals surface area contributed by atoms with Crippen molar-refractivity contribution in [2.75, 3.05) is 7.11 Å². The van der Waals surface area contributed by atoms with Gasteiger partial charge >= 0.3 is 0 Å². The summed E-state index contributed by atoms with van der Waals surface area (Å²) >= 11 is 0. The molecule has 0 saturated heterocycles. The Morgan fingerprint density at radius 1 is 1.75 bits per heavy atom. The summed E-state index contributed by atoms with van der Waals surface area (Å²) in [6, 6.07) is 0. The van der Waals surface area contributed by atoms with Crippen LogP contribution in [0.2, 0.25) is 0 Å². The molecule has 0 aliphatic heterocycles. The topological polar surface area (TPSA) is 26.3 Å². The van der Waals surface area contributed by atoms with Gasteiger partial charge in [-0.2, -0.15) is 0 Å². The summed E-state index contributed by atoms with van der Waals surface area (Å²) in [5.74, 6) is 0.539. The van der Waals surface area contributed by atoms with Gasteiger partial charge in [0.25, 0.3) is 0 Å².